The predicted octanol–water partition coefficient (Wildman–Crippen LogP) is 3.57. The molecular formula is C20H23FN2O3. The molecule has 0 spiro atoms. The summed E-state index contributed by atoms with van der Waals surface area (Å²) in [6.45, 7) is 7.74. The van der Waals surface area contributed by atoms with Gasteiger partial charge in [-0.2, -0.15) is 0 Å². The molecule has 2 atom stereocenters. The van der Waals surface area contributed by atoms with E-state index in [9.17, 15) is 14.7 Å². The molecule has 138 valence electrons. The minimum Gasteiger partial charge on any atom is -0.477 e. The summed E-state index contributed by atoms with van der Waals surface area (Å²) in [6, 6.07) is 1.42. The number of halogens is 1. The van der Waals surface area contributed by atoms with Crippen LogP contribution in [-0.2, 0) is 0 Å². The van der Waals surface area contributed by atoms with Crippen LogP contribution in [0.4, 0.5) is 10.1 Å². The van der Waals surface area contributed by atoms with Gasteiger partial charge in [0.1, 0.15) is 11.4 Å². The number of hydrogen-bond donors (Lipinski definition) is 1. The highest BCUT2D eigenvalue weighted by molar-refractivity contribution is 5.95. The number of aromatic nitrogens is 1. The predicted molar refractivity (Wildman–Crippen MR) is 98.7 cm³/mol. The van der Waals surface area contributed by atoms with Crippen LogP contribution in [0.3, 0.4) is 0 Å². The maximum atomic E-state index is 15.0. The number of carboxylic acids is 1. The first kappa shape index (κ1) is 17.1. The average molecular weight is 358 g/mol. The fourth-order valence-corrected chi connectivity index (χ4v) is 4.16. The molecule has 1 aliphatic carbocycles. The highest BCUT2D eigenvalue weighted by Crippen LogP contribution is 2.41. The summed E-state index contributed by atoms with van der Waals surface area (Å²) in [5.74, 6) is -0.761. The third-order valence-electron chi connectivity index (χ3n) is 5.95. The summed E-state index contributed by atoms with van der Waals surface area (Å²) in [4.78, 5) is 26.2. The first-order chi connectivity index (χ1) is 12.3. The summed E-state index contributed by atoms with van der Waals surface area (Å²) in [7, 11) is 0. The van der Waals surface area contributed by atoms with E-state index < -0.39 is 17.2 Å². The Morgan fingerprint density at radius 1 is 1.23 bits per heavy atom. The van der Waals surface area contributed by atoms with Crippen LogP contribution in [0.15, 0.2) is 17.1 Å². The summed E-state index contributed by atoms with van der Waals surface area (Å²) < 4.78 is 16.9. The Kier molecular flexibility index (Phi) is 3.82. The number of hydrogen-bond acceptors (Lipinski definition) is 3. The lowest BCUT2D eigenvalue weighted by molar-refractivity contribution is 0.0695. The van der Waals surface area contributed by atoms with E-state index in [1.165, 1.54) is 12.3 Å². The van der Waals surface area contributed by atoms with Crippen molar-refractivity contribution >= 4 is 22.6 Å². The first-order valence-corrected chi connectivity index (χ1v) is 9.15. The Morgan fingerprint density at radius 2 is 1.85 bits per heavy atom. The first-order valence-electron chi connectivity index (χ1n) is 9.15. The molecule has 1 aliphatic heterocycles. The second-order valence-corrected chi connectivity index (χ2v) is 7.90. The molecule has 2 aliphatic rings. The van der Waals surface area contributed by atoms with Crippen molar-refractivity contribution in [1.82, 2.24) is 4.57 Å². The number of benzene rings is 1. The lowest BCUT2D eigenvalue weighted by atomic mass is 10.0. The number of anilines is 1. The maximum Gasteiger partial charge on any atom is 0.341 e. The van der Waals surface area contributed by atoms with Crippen molar-refractivity contribution in [2.45, 2.75) is 39.7 Å². The van der Waals surface area contributed by atoms with E-state index in [0.29, 0.717) is 23.0 Å². The molecule has 1 aromatic heterocycles. The highest BCUT2D eigenvalue weighted by atomic mass is 19.1. The van der Waals surface area contributed by atoms with Gasteiger partial charge in [0, 0.05) is 30.7 Å². The van der Waals surface area contributed by atoms with E-state index in [2.05, 4.69) is 18.7 Å². The van der Waals surface area contributed by atoms with Gasteiger partial charge in [0.25, 0.3) is 0 Å². The summed E-state index contributed by atoms with van der Waals surface area (Å²) in [5.41, 5.74) is 1.04. The Hall–Kier alpha value is -2.37. The smallest absolute Gasteiger partial charge is 0.341 e. The number of fused-ring (bicyclic) bond motifs is 1. The molecule has 1 saturated heterocycles. The van der Waals surface area contributed by atoms with Crippen LogP contribution >= 0.6 is 0 Å². The van der Waals surface area contributed by atoms with Crippen LogP contribution in [0.5, 0.6) is 0 Å². The topological polar surface area (TPSA) is 62.5 Å². The van der Waals surface area contributed by atoms with Gasteiger partial charge in [0.15, 0.2) is 0 Å². The van der Waals surface area contributed by atoms with Crippen LogP contribution in [0.25, 0.3) is 10.9 Å². The van der Waals surface area contributed by atoms with Gasteiger partial charge in [-0.1, -0.05) is 13.8 Å². The standard InChI is InChI=1S/C20H23FN2O3/c1-10-7-22(8-11(10)2)18-12(3)17-14(6-16(18)21)19(24)15(20(25)26)9-23(17)13-4-5-13/h6,9-11,13H,4-5,7-8H2,1-3H3,(H,25,26)/t10-,11+. The molecule has 0 bridgehead atoms. The number of rotatable bonds is 3. The van der Waals surface area contributed by atoms with Gasteiger partial charge in [-0.05, 0) is 43.2 Å². The van der Waals surface area contributed by atoms with E-state index >= 15 is 4.39 Å². The van der Waals surface area contributed by atoms with E-state index in [1.807, 2.05) is 11.5 Å². The molecule has 0 unspecified atom stereocenters. The third-order valence-corrected chi connectivity index (χ3v) is 5.95. The number of nitrogens with zero attached hydrogens (tertiary/aromatic N) is 2. The molecule has 4 rings (SSSR count). The largest absolute Gasteiger partial charge is 0.477 e. The molecule has 1 aromatic carbocycles. The molecule has 2 heterocycles. The van der Waals surface area contributed by atoms with E-state index in [-0.39, 0.29) is 17.0 Å². The van der Waals surface area contributed by atoms with Crippen molar-refractivity contribution in [3.63, 3.8) is 0 Å². The van der Waals surface area contributed by atoms with Crippen LogP contribution in [0, 0.1) is 24.6 Å². The quantitative estimate of drug-likeness (QED) is 0.911. The molecule has 5 nitrogen and oxygen atoms in total. The molecule has 0 amide bonds. The van der Waals surface area contributed by atoms with Gasteiger partial charge in [0.05, 0.1) is 11.2 Å². The molecule has 0 radical (unpaired) electrons. The summed E-state index contributed by atoms with van der Waals surface area (Å²) >= 11 is 0. The van der Waals surface area contributed by atoms with Gasteiger partial charge in [-0.3, -0.25) is 4.79 Å². The number of carbonyl (C=O) groups is 1. The number of aromatic carboxylic acids is 1. The van der Waals surface area contributed by atoms with Crippen LogP contribution in [0.2, 0.25) is 0 Å². The number of aryl methyl sites for hydroxylation is 1. The minimum atomic E-state index is -1.27. The molecule has 2 aromatic rings. The van der Waals surface area contributed by atoms with Crippen molar-refractivity contribution in [2.24, 2.45) is 11.8 Å². The zero-order chi connectivity index (χ0) is 18.7. The van der Waals surface area contributed by atoms with Gasteiger partial charge in [-0.25, -0.2) is 9.18 Å². The van der Waals surface area contributed by atoms with Crippen molar-refractivity contribution in [2.75, 3.05) is 18.0 Å². The number of pyridine rings is 1. The zero-order valence-electron chi connectivity index (χ0n) is 15.3. The fraction of sp³-hybridized carbons (Fsp3) is 0.500. The molecule has 6 heteroatoms. The molecule has 26 heavy (non-hydrogen) atoms. The number of carboxylic acid groups (broad SMARTS) is 1. The lowest BCUT2D eigenvalue weighted by Crippen LogP contribution is -2.24. The van der Waals surface area contributed by atoms with E-state index in [0.717, 1.165) is 31.5 Å². The second-order valence-electron chi connectivity index (χ2n) is 7.90. The second kappa shape index (κ2) is 5.83. The van der Waals surface area contributed by atoms with Crippen molar-refractivity contribution in [3.8, 4) is 0 Å². The van der Waals surface area contributed by atoms with Crippen LogP contribution in [0.1, 0.15) is 48.7 Å². The van der Waals surface area contributed by atoms with Gasteiger partial charge in [-0.15, -0.1) is 0 Å². The van der Waals surface area contributed by atoms with Gasteiger partial charge < -0.3 is 14.6 Å². The Bertz CT molecular complexity index is 967. The minimum absolute atomic E-state index is 0.163. The summed E-state index contributed by atoms with van der Waals surface area (Å²) in [5, 5.41) is 9.52. The van der Waals surface area contributed by atoms with Gasteiger partial charge >= 0.3 is 5.97 Å². The monoisotopic (exact) mass is 358 g/mol. The maximum absolute atomic E-state index is 15.0. The average Bonchev–Trinajstić information content (AvgIpc) is 3.35. The van der Waals surface area contributed by atoms with Crippen molar-refractivity contribution < 1.29 is 14.3 Å². The fourth-order valence-electron chi connectivity index (χ4n) is 4.16. The normalized spacial score (nSPS) is 23.0. The Morgan fingerprint density at radius 3 is 2.38 bits per heavy atom. The highest BCUT2D eigenvalue weighted by Gasteiger charge is 2.32. The Labute approximate surface area is 151 Å². The Balaban J connectivity index is 2.00. The lowest BCUT2D eigenvalue weighted by Gasteiger charge is -2.24. The molecule has 2 fully saturated rings. The molecule has 1 N–H and O–H groups in total. The SMILES string of the molecule is Cc1c(N2C[C@@H](C)[C@@H](C)C2)c(F)cc2c(=O)c(C(=O)O)cn(C3CC3)c12. The molecule has 1 saturated carbocycles. The van der Waals surface area contributed by atoms with Crippen molar-refractivity contribution in [3.05, 3.63) is 39.4 Å². The zero-order valence-corrected chi connectivity index (χ0v) is 15.3. The van der Waals surface area contributed by atoms with Crippen LogP contribution in [-0.4, -0.2) is 28.7 Å². The van der Waals surface area contributed by atoms with Crippen molar-refractivity contribution in [1.29, 1.82) is 0 Å². The molecular weight excluding hydrogens is 335 g/mol. The summed E-state index contributed by atoms with van der Waals surface area (Å²) in [6.07, 6.45) is 3.33. The van der Waals surface area contributed by atoms with E-state index in [1.54, 1.807) is 0 Å². The third kappa shape index (κ3) is 2.50. The van der Waals surface area contributed by atoms with E-state index in [4.69, 9.17) is 0 Å². The van der Waals surface area contributed by atoms with Crippen LogP contribution < -0.4 is 10.3 Å². The van der Waals surface area contributed by atoms with Gasteiger partial charge in [0.2, 0.25) is 5.43 Å².